The molecule has 2 heterocycles. The van der Waals surface area contributed by atoms with Crippen molar-refractivity contribution >= 4 is 11.7 Å². The highest BCUT2D eigenvalue weighted by molar-refractivity contribution is 5.83. The van der Waals surface area contributed by atoms with Crippen LogP contribution in [0.25, 0.3) is 11.4 Å². The molecule has 6 heteroatoms. The van der Waals surface area contributed by atoms with E-state index >= 15 is 0 Å². The first-order valence-electron chi connectivity index (χ1n) is 13.1. The smallest absolute Gasteiger partial charge is 0.249 e. The monoisotopic (exact) mass is 466 g/mol. The molecule has 0 radical (unpaired) electrons. The maximum Gasteiger partial charge on any atom is 0.249 e. The van der Waals surface area contributed by atoms with Gasteiger partial charge < -0.3 is 15.7 Å². The number of aliphatic hydroxyl groups is 1. The number of aromatic nitrogens is 2. The van der Waals surface area contributed by atoms with Gasteiger partial charge in [-0.1, -0.05) is 58.7 Å². The van der Waals surface area contributed by atoms with E-state index in [0.717, 1.165) is 61.4 Å². The highest BCUT2D eigenvalue weighted by Gasteiger charge is 2.39. The first-order chi connectivity index (χ1) is 16.3. The molecule has 3 rings (SSSR count). The molecule has 1 aromatic heterocycles. The molecule has 0 spiro atoms. The zero-order valence-corrected chi connectivity index (χ0v) is 21.7. The third kappa shape index (κ3) is 5.27. The van der Waals surface area contributed by atoms with Gasteiger partial charge in [0, 0.05) is 42.8 Å². The number of benzene rings is 1. The minimum atomic E-state index is -1.43. The Hall–Kier alpha value is -2.47. The number of primary amides is 1. The van der Waals surface area contributed by atoms with Crippen molar-refractivity contribution in [3.05, 3.63) is 40.6 Å². The minimum absolute atomic E-state index is 0.318. The predicted octanol–water partition coefficient (Wildman–Crippen LogP) is 5.08. The second-order valence-electron chi connectivity index (χ2n) is 9.69. The number of carbonyl (C=O) groups is 1. The zero-order chi connectivity index (χ0) is 24.9. The molecular weight excluding hydrogens is 424 g/mol. The van der Waals surface area contributed by atoms with Crippen LogP contribution in [0.2, 0.25) is 0 Å². The maximum atomic E-state index is 11.8. The summed E-state index contributed by atoms with van der Waals surface area (Å²) in [6, 6.07) is 6.47. The van der Waals surface area contributed by atoms with Crippen LogP contribution in [0.1, 0.15) is 94.5 Å². The van der Waals surface area contributed by atoms with E-state index in [1.807, 2.05) is 0 Å². The van der Waals surface area contributed by atoms with E-state index in [4.69, 9.17) is 15.7 Å². The lowest BCUT2D eigenvalue weighted by molar-refractivity contribution is -0.138. The van der Waals surface area contributed by atoms with E-state index in [1.165, 1.54) is 16.7 Å². The number of anilines is 1. The van der Waals surface area contributed by atoms with Gasteiger partial charge in [-0.3, -0.25) is 4.79 Å². The van der Waals surface area contributed by atoms with E-state index in [9.17, 15) is 9.90 Å². The maximum absolute atomic E-state index is 11.8. The fraction of sp³-hybridized carbons (Fsp3) is 0.607. The van der Waals surface area contributed by atoms with Gasteiger partial charge >= 0.3 is 0 Å². The molecule has 186 valence electrons. The molecule has 0 saturated carbocycles. The van der Waals surface area contributed by atoms with Crippen molar-refractivity contribution in [3.8, 4) is 11.4 Å². The molecule has 1 aromatic carbocycles. The summed E-state index contributed by atoms with van der Waals surface area (Å²) < 4.78 is 0. The van der Waals surface area contributed by atoms with Gasteiger partial charge in [-0.2, -0.15) is 0 Å². The van der Waals surface area contributed by atoms with E-state index in [-0.39, 0.29) is 0 Å². The fourth-order valence-electron chi connectivity index (χ4n) is 5.39. The number of aryl methyl sites for hydroxylation is 3. The number of nitrogens with two attached hydrogens (primary N) is 1. The van der Waals surface area contributed by atoms with Gasteiger partial charge in [0.25, 0.3) is 0 Å². The third-order valence-corrected chi connectivity index (χ3v) is 7.37. The number of amides is 1. The molecule has 34 heavy (non-hydrogen) atoms. The second-order valence-corrected chi connectivity index (χ2v) is 9.69. The highest BCUT2D eigenvalue weighted by atomic mass is 16.3. The Bertz CT molecular complexity index is 968. The molecule has 2 aromatic rings. The number of hydrogen-bond donors (Lipinski definition) is 2. The van der Waals surface area contributed by atoms with E-state index in [1.54, 1.807) is 0 Å². The molecule has 3 N–H and O–H groups in total. The first kappa shape index (κ1) is 26.1. The predicted molar refractivity (Wildman–Crippen MR) is 139 cm³/mol. The number of piperidine rings is 1. The number of nitrogens with zero attached hydrogens (tertiary/aromatic N) is 3. The van der Waals surface area contributed by atoms with Crippen LogP contribution in [0, 0.1) is 6.92 Å². The van der Waals surface area contributed by atoms with Crippen molar-refractivity contribution in [1.82, 2.24) is 9.97 Å². The molecular formula is C28H42N4O2. The van der Waals surface area contributed by atoms with Gasteiger partial charge in [0.1, 0.15) is 11.4 Å². The standard InChI is InChI=1S/C28H42N4O2/c1-6-11-22(12-7-2)23-19(5)30-25(24-20(8-3)13-10-14-21(24)9-4)31-26(23)32-17-15-28(34,16-18-32)27(29)33/h10,13-14,22,34H,6-9,11-12,15-18H2,1-5H3,(H2,29,33). The van der Waals surface area contributed by atoms with Crippen LogP contribution in [-0.2, 0) is 17.6 Å². The number of carbonyl (C=O) groups excluding carboxylic acids is 1. The SMILES string of the molecule is CCCC(CCC)c1c(C)nc(-c2c(CC)cccc2CC)nc1N1CCC(O)(C(N)=O)CC1. The molecule has 6 nitrogen and oxygen atoms in total. The first-order valence-corrected chi connectivity index (χ1v) is 13.1. The van der Waals surface area contributed by atoms with Crippen LogP contribution < -0.4 is 10.6 Å². The van der Waals surface area contributed by atoms with Gasteiger partial charge in [0.15, 0.2) is 5.82 Å². The van der Waals surface area contributed by atoms with Crippen molar-refractivity contribution < 1.29 is 9.90 Å². The molecule has 0 aliphatic carbocycles. The van der Waals surface area contributed by atoms with Gasteiger partial charge in [0.2, 0.25) is 5.91 Å². The summed E-state index contributed by atoms with van der Waals surface area (Å²) in [4.78, 5) is 24.4. The van der Waals surface area contributed by atoms with Crippen LogP contribution in [-0.4, -0.2) is 39.7 Å². The minimum Gasteiger partial charge on any atom is -0.380 e. The molecule has 0 bridgehead atoms. The fourth-order valence-corrected chi connectivity index (χ4v) is 5.39. The van der Waals surface area contributed by atoms with Gasteiger partial charge in [0.05, 0.1) is 0 Å². The summed E-state index contributed by atoms with van der Waals surface area (Å²) in [6.07, 6.45) is 6.87. The quantitative estimate of drug-likeness (QED) is 0.509. The van der Waals surface area contributed by atoms with E-state index < -0.39 is 11.5 Å². The van der Waals surface area contributed by atoms with Crippen LogP contribution >= 0.6 is 0 Å². The number of rotatable bonds is 10. The summed E-state index contributed by atoms with van der Waals surface area (Å²) in [5, 5.41) is 10.6. The molecule has 0 atom stereocenters. The van der Waals surface area contributed by atoms with E-state index in [2.05, 4.69) is 57.7 Å². The second kappa shape index (κ2) is 11.3. The van der Waals surface area contributed by atoms with E-state index in [0.29, 0.717) is 31.8 Å². The van der Waals surface area contributed by atoms with Crippen LogP contribution in [0.15, 0.2) is 18.2 Å². The van der Waals surface area contributed by atoms with Gasteiger partial charge in [-0.05, 0) is 49.7 Å². The molecule has 1 saturated heterocycles. The number of hydrogen-bond acceptors (Lipinski definition) is 5. The average molecular weight is 467 g/mol. The normalized spacial score (nSPS) is 15.7. The zero-order valence-electron chi connectivity index (χ0n) is 21.7. The van der Waals surface area contributed by atoms with Gasteiger partial charge in [-0.15, -0.1) is 0 Å². The highest BCUT2D eigenvalue weighted by Crippen LogP contribution is 2.39. The lowest BCUT2D eigenvalue weighted by atomic mass is 9.87. The Kier molecular flexibility index (Phi) is 8.69. The summed E-state index contributed by atoms with van der Waals surface area (Å²) in [6.45, 7) is 12.0. The Morgan fingerprint density at radius 2 is 1.62 bits per heavy atom. The van der Waals surface area contributed by atoms with Gasteiger partial charge in [-0.25, -0.2) is 9.97 Å². The van der Waals surface area contributed by atoms with Crippen molar-refractivity contribution in [2.45, 2.75) is 97.5 Å². The largest absolute Gasteiger partial charge is 0.380 e. The summed E-state index contributed by atoms with van der Waals surface area (Å²) in [5.41, 5.74) is 10.0. The van der Waals surface area contributed by atoms with Crippen LogP contribution in [0.4, 0.5) is 5.82 Å². The molecule has 1 amide bonds. The van der Waals surface area contributed by atoms with Crippen LogP contribution in [0.3, 0.4) is 0 Å². The Balaban J connectivity index is 2.17. The summed E-state index contributed by atoms with van der Waals surface area (Å²) in [5.74, 6) is 1.51. The van der Waals surface area contributed by atoms with Crippen LogP contribution in [0.5, 0.6) is 0 Å². The lowest BCUT2D eigenvalue weighted by Gasteiger charge is -2.38. The Labute approximate surface area is 205 Å². The topological polar surface area (TPSA) is 92.3 Å². The van der Waals surface area contributed by atoms with Crippen molar-refractivity contribution in [2.24, 2.45) is 5.73 Å². The Morgan fingerprint density at radius 3 is 2.09 bits per heavy atom. The Morgan fingerprint density at radius 1 is 1.06 bits per heavy atom. The summed E-state index contributed by atoms with van der Waals surface area (Å²) in [7, 11) is 0. The molecule has 0 unspecified atom stereocenters. The van der Waals surface area contributed by atoms with Crippen molar-refractivity contribution in [1.29, 1.82) is 0 Å². The molecule has 1 aliphatic heterocycles. The average Bonchev–Trinajstić information content (AvgIpc) is 2.83. The summed E-state index contributed by atoms with van der Waals surface area (Å²) >= 11 is 0. The third-order valence-electron chi connectivity index (χ3n) is 7.37. The molecule has 1 fully saturated rings. The van der Waals surface area contributed by atoms with Crippen molar-refractivity contribution in [2.75, 3.05) is 18.0 Å². The lowest BCUT2D eigenvalue weighted by Crippen LogP contribution is -2.52. The van der Waals surface area contributed by atoms with Crippen molar-refractivity contribution in [3.63, 3.8) is 0 Å². The molecule has 1 aliphatic rings.